The summed E-state index contributed by atoms with van der Waals surface area (Å²) >= 11 is 9.34. The largest absolute Gasteiger partial charge is 0.361 e. The Balaban J connectivity index is 3.06. The van der Waals surface area contributed by atoms with Crippen LogP contribution in [-0.2, 0) is 0 Å². The summed E-state index contributed by atoms with van der Waals surface area (Å²) in [6.45, 7) is 1.91. The zero-order valence-corrected chi connectivity index (χ0v) is 9.74. The Hall–Kier alpha value is -0.800. The number of fused-ring (bicyclic) bond motifs is 1. The lowest BCUT2D eigenvalue weighted by atomic mass is 10.1. The van der Waals surface area contributed by atoms with Crippen molar-refractivity contribution in [2.75, 3.05) is 0 Å². The van der Waals surface area contributed by atoms with Gasteiger partial charge >= 0.3 is 0 Å². The van der Waals surface area contributed by atoms with Crippen molar-refractivity contribution in [1.29, 1.82) is 0 Å². The molecule has 1 heterocycles. The topological polar surface area (TPSA) is 32.9 Å². The first kappa shape index (κ1) is 9.74. The Kier molecular flexibility index (Phi) is 2.37. The van der Waals surface area contributed by atoms with Gasteiger partial charge in [-0.2, -0.15) is 0 Å². The van der Waals surface area contributed by atoms with Crippen LogP contribution < -0.4 is 5.43 Å². The minimum atomic E-state index is -0.0174. The van der Waals surface area contributed by atoms with Crippen LogP contribution in [0.3, 0.4) is 0 Å². The molecule has 14 heavy (non-hydrogen) atoms. The van der Waals surface area contributed by atoms with Crippen molar-refractivity contribution in [2.24, 2.45) is 0 Å². The van der Waals surface area contributed by atoms with E-state index in [4.69, 9.17) is 11.6 Å². The maximum Gasteiger partial charge on any atom is 0.189 e. The van der Waals surface area contributed by atoms with Crippen molar-refractivity contribution in [1.82, 2.24) is 4.98 Å². The van der Waals surface area contributed by atoms with Gasteiger partial charge in [-0.15, -0.1) is 0 Å². The predicted octanol–water partition coefficient (Wildman–Crippen LogP) is 3.25. The van der Waals surface area contributed by atoms with Crippen LogP contribution >= 0.6 is 27.5 Å². The van der Waals surface area contributed by atoms with Gasteiger partial charge in [-0.05, 0) is 34.5 Å². The second kappa shape index (κ2) is 3.41. The molecule has 1 aromatic carbocycles. The quantitative estimate of drug-likeness (QED) is 0.784. The second-order valence-corrected chi connectivity index (χ2v) is 4.26. The summed E-state index contributed by atoms with van der Waals surface area (Å²) in [5.41, 5.74) is 1.76. The summed E-state index contributed by atoms with van der Waals surface area (Å²) < 4.78 is 0.827. The first-order valence-corrected chi connectivity index (χ1v) is 5.24. The van der Waals surface area contributed by atoms with E-state index in [-0.39, 0.29) is 5.43 Å². The summed E-state index contributed by atoms with van der Waals surface area (Å²) in [5, 5.41) is 1.19. The lowest BCUT2D eigenvalue weighted by molar-refractivity contribution is 1.34. The van der Waals surface area contributed by atoms with Crippen molar-refractivity contribution in [3.05, 3.63) is 43.6 Å². The fraction of sp³-hybridized carbons (Fsp3) is 0.100. The molecule has 0 aliphatic heterocycles. The lowest BCUT2D eigenvalue weighted by Crippen LogP contribution is -2.01. The first-order chi connectivity index (χ1) is 6.61. The van der Waals surface area contributed by atoms with Crippen LogP contribution in [0.1, 0.15) is 5.56 Å². The van der Waals surface area contributed by atoms with Gasteiger partial charge in [-0.3, -0.25) is 4.79 Å². The molecule has 0 atom stereocenters. The Labute approximate surface area is 94.0 Å². The highest BCUT2D eigenvalue weighted by atomic mass is 79.9. The fourth-order valence-corrected chi connectivity index (χ4v) is 1.99. The van der Waals surface area contributed by atoms with Crippen LogP contribution in [0.5, 0.6) is 0 Å². The minimum Gasteiger partial charge on any atom is -0.361 e. The van der Waals surface area contributed by atoms with E-state index in [1.807, 2.05) is 6.92 Å². The maximum atomic E-state index is 11.5. The van der Waals surface area contributed by atoms with Crippen LogP contribution in [0.25, 0.3) is 10.9 Å². The number of hydrogen-bond acceptors (Lipinski definition) is 1. The van der Waals surface area contributed by atoms with Gasteiger partial charge < -0.3 is 4.98 Å². The highest BCUT2D eigenvalue weighted by molar-refractivity contribution is 9.10. The maximum absolute atomic E-state index is 11.5. The second-order valence-electron chi connectivity index (χ2n) is 3.06. The van der Waals surface area contributed by atoms with E-state index in [1.54, 1.807) is 12.3 Å². The van der Waals surface area contributed by atoms with E-state index in [0.717, 1.165) is 15.6 Å². The Morgan fingerprint density at radius 3 is 2.93 bits per heavy atom. The normalized spacial score (nSPS) is 10.8. The number of aromatic amines is 1. The first-order valence-electron chi connectivity index (χ1n) is 4.07. The Bertz CT molecular complexity index is 562. The molecule has 1 N–H and O–H groups in total. The number of aryl methyl sites for hydroxylation is 1. The standard InChI is InChI=1S/C10H7BrClNO/c1-5-9(11)7(12)4-6-8(14)2-3-13-10(5)6/h2-4H,1H3,(H,13,14). The van der Waals surface area contributed by atoms with Gasteiger partial charge in [0.2, 0.25) is 0 Å². The van der Waals surface area contributed by atoms with Crippen LogP contribution in [-0.4, -0.2) is 4.98 Å². The summed E-state index contributed by atoms with van der Waals surface area (Å²) in [6.07, 6.45) is 1.64. The summed E-state index contributed by atoms with van der Waals surface area (Å²) in [7, 11) is 0. The van der Waals surface area contributed by atoms with Gasteiger partial charge in [0.15, 0.2) is 5.43 Å². The van der Waals surface area contributed by atoms with E-state index in [0.29, 0.717) is 10.4 Å². The number of hydrogen-bond donors (Lipinski definition) is 1. The third kappa shape index (κ3) is 1.37. The van der Waals surface area contributed by atoms with E-state index in [2.05, 4.69) is 20.9 Å². The third-order valence-corrected chi connectivity index (χ3v) is 3.73. The number of rotatable bonds is 0. The molecule has 0 bridgehead atoms. The fourth-order valence-electron chi connectivity index (χ4n) is 1.42. The lowest BCUT2D eigenvalue weighted by Gasteiger charge is -2.05. The molecule has 0 unspecified atom stereocenters. The molecule has 2 aromatic rings. The summed E-state index contributed by atoms with van der Waals surface area (Å²) in [5.74, 6) is 0. The number of H-pyrrole nitrogens is 1. The smallest absolute Gasteiger partial charge is 0.189 e. The molecule has 0 spiro atoms. The highest BCUT2D eigenvalue weighted by Gasteiger charge is 2.08. The van der Waals surface area contributed by atoms with E-state index >= 15 is 0 Å². The van der Waals surface area contributed by atoms with Crippen molar-refractivity contribution >= 4 is 38.4 Å². The molecule has 2 rings (SSSR count). The molecule has 4 heteroatoms. The highest BCUT2D eigenvalue weighted by Crippen LogP contribution is 2.30. The average Bonchev–Trinajstić information content (AvgIpc) is 2.17. The van der Waals surface area contributed by atoms with Crippen LogP contribution in [0.2, 0.25) is 5.02 Å². The monoisotopic (exact) mass is 271 g/mol. The van der Waals surface area contributed by atoms with Crippen molar-refractivity contribution in [3.8, 4) is 0 Å². The molecule has 2 nitrogen and oxygen atoms in total. The number of benzene rings is 1. The number of pyridine rings is 1. The average molecular weight is 273 g/mol. The SMILES string of the molecule is Cc1c(Br)c(Cl)cc2c(=O)cc[nH]c12. The number of halogens is 2. The molecule has 0 saturated heterocycles. The van der Waals surface area contributed by atoms with Crippen LogP contribution in [0, 0.1) is 6.92 Å². The molecule has 0 radical (unpaired) electrons. The zero-order chi connectivity index (χ0) is 10.3. The van der Waals surface area contributed by atoms with Gasteiger partial charge in [-0.25, -0.2) is 0 Å². The minimum absolute atomic E-state index is 0.0174. The molecule has 0 fully saturated rings. The molecule has 0 aliphatic rings. The summed E-state index contributed by atoms with van der Waals surface area (Å²) in [4.78, 5) is 14.5. The van der Waals surface area contributed by atoms with Crippen molar-refractivity contribution in [3.63, 3.8) is 0 Å². The van der Waals surface area contributed by atoms with Crippen molar-refractivity contribution in [2.45, 2.75) is 6.92 Å². The molecule has 72 valence electrons. The summed E-state index contributed by atoms with van der Waals surface area (Å²) in [6, 6.07) is 3.17. The van der Waals surface area contributed by atoms with Gasteiger partial charge in [0.25, 0.3) is 0 Å². The number of aromatic nitrogens is 1. The van der Waals surface area contributed by atoms with Gasteiger partial charge in [0.1, 0.15) is 0 Å². The predicted molar refractivity (Wildman–Crippen MR) is 62.0 cm³/mol. The Morgan fingerprint density at radius 1 is 1.50 bits per heavy atom. The van der Waals surface area contributed by atoms with Gasteiger partial charge in [0, 0.05) is 22.1 Å². The number of nitrogens with one attached hydrogen (secondary N) is 1. The van der Waals surface area contributed by atoms with E-state index < -0.39 is 0 Å². The molecular weight excluding hydrogens is 265 g/mol. The Morgan fingerprint density at radius 2 is 2.21 bits per heavy atom. The van der Waals surface area contributed by atoms with Gasteiger partial charge in [-0.1, -0.05) is 11.6 Å². The third-order valence-electron chi connectivity index (χ3n) is 2.18. The molecule has 0 saturated carbocycles. The molecule has 0 aliphatic carbocycles. The van der Waals surface area contributed by atoms with E-state index in [9.17, 15) is 4.79 Å². The van der Waals surface area contributed by atoms with Crippen LogP contribution in [0.4, 0.5) is 0 Å². The zero-order valence-electron chi connectivity index (χ0n) is 7.40. The molecule has 0 amide bonds. The van der Waals surface area contributed by atoms with Crippen molar-refractivity contribution < 1.29 is 0 Å². The van der Waals surface area contributed by atoms with Gasteiger partial charge in [0.05, 0.1) is 10.5 Å². The molecular formula is C10H7BrClNO. The van der Waals surface area contributed by atoms with E-state index in [1.165, 1.54) is 6.07 Å². The molecule has 1 aromatic heterocycles. The van der Waals surface area contributed by atoms with Crippen LogP contribution in [0.15, 0.2) is 27.6 Å².